The molecule has 6 nitrogen and oxygen atoms in total. The second kappa shape index (κ2) is 11.4. The summed E-state index contributed by atoms with van der Waals surface area (Å²) in [5.41, 5.74) is -0.241. The fourth-order valence-corrected chi connectivity index (χ4v) is 7.08. The standard InChI is InChI=1S/C25H42N3O3P/c1-19(2)28(20(3)4)32(30-14-11-26-6)31-18-25(5)9-12-27(13-10-25)24(29)17-23-16-21-7-8-22(23)15-21/h7-8,19-23H,9-18H2,1-5H3/i5T. The molecule has 0 aromatic carbocycles. The Kier molecular flexibility index (Phi) is 8.62. The van der Waals surface area contributed by atoms with E-state index in [2.05, 4.69) is 49.4 Å². The SMILES string of the molecule is [3H]CC1(COP(OCC[N+]#[C-])N(C(C)C)C(C)C)CCN(C(=O)CC2CC3C=CC2C3)CC1. The van der Waals surface area contributed by atoms with Crippen LogP contribution in [0.5, 0.6) is 0 Å². The zero-order valence-corrected chi connectivity index (χ0v) is 21.2. The Morgan fingerprint density at radius 1 is 1.25 bits per heavy atom. The molecule has 0 radical (unpaired) electrons. The van der Waals surface area contributed by atoms with E-state index in [1.807, 2.05) is 4.90 Å². The van der Waals surface area contributed by atoms with Gasteiger partial charge in [-0.1, -0.05) is 19.1 Å². The minimum atomic E-state index is -1.29. The van der Waals surface area contributed by atoms with Crippen LogP contribution in [0.4, 0.5) is 0 Å². The molecule has 32 heavy (non-hydrogen) atoms. The number of allylic oxidation sites excluding steroid dienone is 2. The number of likely N-dealkylation sites (tertiary alicyclic amines) is 1. The number of amides is 1. The van der Waals surface area contributed by atoms with E-state index >= 15 is 0 Å². The van der Waals surface area contributed by atoms with Gasteiger partial charge in [0.15, 0.2) is 0 Å². The van der Waals surface area contributed by atoms with Gasteiger partial charge in [0.25, 0.3) is 8.53 Å². The highest BCUT2D eigenvalue weighted by Crippen LogP contribution is 2.48. The zero-order valence-electron chi connectivity index (χ0n) is 21.3. The molecule has 7 heteroatoms. The molecule has 180 valence electrons. The molecule has 3 aliphatic rings. The highest BCUT2D eigenvalue weighted by atomic mass is 31.2. The van der Waals surface area contributed by atoms with E-state index in [9.17, 15) is 4.79 Å². The predicted molar refractivity (Wildman–Crippen MR) is 130 cm³/mol. The molecule has 1 saturated carbocycles. The van der Waals surface area contributed by atoms with Crippen LogP contribution < -0.4 is 0 Å². The van der Waals surface area contributed by atoms with Gasteiger partial charge < -0.3 is 18.8 Å². The molecule has 4 atom stereocenters. The Bertz CT molecular complexity index is 710. The molecule has 4 unspecified atom stereocenters. The van der Waals surface area contributed by atoms with Gasteiger partial charge in [-0.3, -0.25) is 4.79 Å². The van der Waals surface area contributed by atoms with Gasteiger partial charge in [-0.15, -0.1) is 0 Å². The van der Waals surface area contributed by atoms with Gasteiger partial charge in [-0.2, -0.15) is 0 Å². The number of fused-ring (bicyclic) bond motifs is 2. The first-order valence-electron chi connectivity index (χ1n) is 12.9. The summed E-state index contributed by atoms with van der Waals surface area (Å²) in [6.45, 7) is 18.4. The topological polar surface area (TPSA) is 46.4 Å². The molecule has 2 bridgehead atoms. The summed E-state index contributed by atoms with van der Waals surface area (Å²) in [5.74, 6) is 2.12. The summed E-state index contributed by atoms with van der Waals surface area (Å²) >= 11 is 0. The Morgan fingerprint density at radius 2 is 1.97 bits per heavy atom. The summed E-state index contributed by atoms with van der Waals surface area (Å²) < 4.78 is 22.9. The number of nitrogens with zero attached hydrogens (tertiary/aromatic N) is 3. The Labute approximate surface area is 197 Å². The number of piperidine rings is 1. The third kappa shape index (κ3) is 6.54. The third-order valence-electron chi connectivity index (χ3n) is 7.16. The van der Waals surface area contributed by atoms with Crippen molar-refractivity contribution < 1.29 is 15.2 Å². The lowest BCUT2D eigenvalue weighted by Crippen LogP contribution is -2.44. The van der Waals surface area contributed by atoms with Crippen molar-refractivity contribution in [2.75, 3.05) is 32.8 Å². The monoisotopic (exact) mass is 465 g/mol. The van der Waals surface area contributed by atoms with Crippen molar-refractivity contribution in [2.24, 2.45) is 23.2 Å². The van der Waals surface area contributed by atoms with Crippen molar-refractivity contribution >= 4 is 14.4 Å². The molecule has 2 fully saturated rings. The Balaban J connectivity index is 1.53. The average Bonchev–Trinajstić information content (AvgIpc) is 3.40. The maximum atomic E-state index is 13.0. The van der Waals surface area contributed by atoms with Crippen molar-refractivity contribution in [1.82, 2.24) is 9.57 Å². The van der Waals surface area contributed by atoms with Gasteiger partial charge in [0.1, 0.15) is 6.61 Å². The molecule has 0 spiro atoms. The van der Waals surface area contributed by atoms with Gasteiger partial charge in [0, 0.05) is 33.0 Å². The molecule has 1 heterocycles. The molecule has 0 aromatic rings. The predicted octanol–water partition coefficient (Wildman–Crippen LogP) is 5.52. The maximum Gasteiger partial charge on any atom is 0.259 e. The van der Waals surface area contributed by atoms with E-state index in [0.717, 1.165) is 12.8 Å². The first kappa shape index (κ1) is 24.1. The number of carbonyl (C=O) groups is 1. The Morgan fingerprint density at radius 3 is 2.50 bits per heavy atom. The van der Waals surface area contributed by atoms with Gasteiger partial charge in [0.2, 0.25) is 12.5 Å². The van der Waals surface area contributed by atoms with Gasteiger partial charge in [-0.05, 0) is 76.5 Å². The van der Waals surface area contributed by atoms with Crippen molar-refractivity contribution in [2.45, 2.75) is 78.8 Å². The molecular formula is C25H42N3O3P. The maximum absolute atomic E-state index is 13.0. The normalized spacial score (nSPS) is 27.9. The van der Waals surface area contributed by atoms with Crippen LogP contribution in [-0.2, 0) is 13.8 Å². The fraction of sp³-hybridized carbons (Fsp3) is 0.840. The van der Waals surface area contributed by atoms with Crippen LogP contribution in [0.15, 0.2) is 12.2 Å². The van der Waals surface area contributed by atoms with Crippen molar-refractivity contribution in [3.63, 3.8) is 0 Å². The van der Waals surface area contributed by atoms with Crippen LogP contribution in [0, 0.1) is 29.7 Å². The molecule has 2 aliphatic carbocycles. The Hall–Kier alpha value is -0.990. The van der Waals surface area contributed by atoms with E-state index in [1.54, 1.807) is 0 Å². The highest BCUT2D eigenvalue weighted by molar-refractivity contribution is 7.44. The number of hydrogen-bond acceptors (Lipinski definition) is 4. The van der Waals surface area contributed by atoms with E-state index in [-0.39, 0.29) is 23.4 Å². The third-order valence-corrected chi connectivity index (χ3v) is 9.22. The van der Waals surface area contributed by atoms with Crippen LogP contribution in [0.3, 0.4) is 0 Å². The van der Waals surface area contributed by atoms with Crippen molar-refractivity contribution in [3.8, 4) is 0 Å². The van der Waals surface area contributed by atoms with E-state index in [1.165, 1.54) is 12.8 Å². The molecule has 1 amide bonds. The quantitative estimate of drug-likeness (QED) is 0.175. The van der Waals surface area contributed by atoms with Crippen LogP contribution >= 0.6 is 8.53 Å². The van der Waals surface area contributed by atoms with Gasteiger partial charge >= 0.3 is 0 Å². The zero-order chi connectivity index (χ0) is 24.0. The minimum Gasteiger partial charge on any atom is -0.343 e. The second-order valence-electron chi connectivity index (χ2n) is 10.4. The van der Waals surface area contributed by atoms with E-state index < -0.39 is 8.53 Å². The summed E-state index contributed by atoms with van der Waals surface area (Å²) in [4.78, 5) is 18.4. The van der Waals surface area contributed by atoms with Crippen molar-refractivity contribution in [1.29, 1.82) is 0 Å². The van der Waals surface area contributed by atoms with E-state index in [4.69, 9.17) is 17.0 Å². The number of rotatable bonds is 11. The number of carbonyl (C=O) groups excluding carboxylic acids is 1. The van der Waals surface area contributed by atoms with Gasteiger partial charge in [-0.25, -0.2) is 11.2 Å². The highest BCUT2D eigenvalue weighted by Gasteiger charge is 2.39. The lowest BCUT2D eigenvalue weighted by atomic mass is 9.81. The largest absolute Gasteiger partial charge is 0.343 e. The van der Waals surface area contributed by atoms with Crippen LogP contribution in [0.25, 0.3) is 4.85 Å². The lowest BCUT2D eigenvalue weighted by Gasteiger charge is -2.41. The molecule has 0 N–H and O–H groups in total. The summed E-state index contributed by atoms with van der Waals surface area (Å²) in [5, 5.41) is 0. The van der Waals surface area contributed by atoms with Gasteiger partial charge in [0.05, 0.1) is 6.61 Å². The average molecular weight is 466 g/mol. The molecule has 0 aromatic heterocycles. The molecule has 3 rings (SSSR count). The smallest absolute Gasteiger partial charge is 0.259 e. The van der Waals surface area contributed by atoms with E-state index in [0.29, 0.717) is 63.9 Å². The summed E-state index contributed by atoms with van der Waals surface area (Å²) in [6.07, 6.45) is 9.33. The first-order valence-corrected chi connectivity index (χ1v) is 13.3. The molecule has 1 saturated heterocycles. The first-order chi connectivity index (χ1) is 15.8. The lowest BCUT2D eigenvalue weighted by molar-refractivity contribution is -0.135. The van der Waals surface area contributed by atoms with Crippen molar-refractivity contribution in [3.05, 3.63) is 23.6 Å². The fourth-order valence-electron chi connectivity index (χ4n) is 5.36. The summed E-state index contributed by atoms with van der Waals surface area (Å²) in [7, 11) is -1.29. The molecule has 1 aliphatic heterocycles. The van der Waals surface area contributed by atoms with Crippen LogP contribution in [0.1, 0.15) is 68.1 Å². The van der Waals surface area contributed by atoms with Crippen LogP contribution in [0.2, 0.25) is 0 Å². The second-order valence-corrected chi connectivity index (χ2v) is 11.9. The molecular weight excluding hydrogens is 421 g/mol. The minimum absolute atomic E-state index is 0.241. The summed E-state index contributed by atoms with van der Waals surface area (Å²) in [6, 6.07) is 0.521. The van der Waals surface area contributed by atoms with Crippen LogP contribution in [-0.4, -0.2) is 60.4 Å². The number of hydrogen-bond donors (Lipinski definition) is 0.